The molecule has 0 aliphatic heterocycles. The van der Waals surface area contributed by atoms with Crippen molar-refractivity contribution in [2.45, 2.75) is 6.92 Å². The lowest BCUT2D eigenvalue weighted by molar-refractivity contribution is 0.0954. The van der Waals surface area contributed by atoms with Gasteiger partial charge in [-0.2, -0.15) is 5.10 Å². The Hall–Kier alpha value is -3.80. The van der Waals surface area contributed by atoms with Crippen molar-refractivity contribution < 1.29 is 14.0 Å². The van der Waals surface area contributed by atoms with Crippen LogP contribution in [0.3, 0.4) is 0 Å². The summed E-state index contributed by atoms with van der Waals surface area (Å²) in [6, 6.07) is 19.5. The number of halogens is 1. The van der Waals surface area contributed by atoms with E-state index in [-0.39, 0.29) is 11.7 Å². The molecule has 0 spiro atoms. The van der Waals surface area contributed by atoms with Crippen molar-refractivity contribution >= 4 is 23.7 Å². The fourth-order valence-corrected chi connectivity index (χ4v) is 2.51. The Labute approximate surface area is 161 Å². The second-order valence-corrected chi connectivity index (χ2v) is 6.10. The smallest absolute Gasteiger partial charge is 0.271 e. The van der Waals surface area contributed by atoms with Gasteiger partial charge < -0.3 is 5.32 Å². The molecular formula is C22H18FN3O2. The van der Waals surface area contributed by atoms with E-state index in [0.717, 1.165) is 5.56 Å². The van der Waals surface area contributed by atoms with Crippen LogP contribution in [-0.4, -0.2) is 18.0 Å². The lowest BCUT2D eigenvalue weighted by Gasteiger charge is -2.08. The average Bonchev–Trinajstić information content (AvgIpc) is 2.70. The minimum atomic E-state index is -0.393. The van der Waals surface area contributed by atoms with Gasteiger partial charge in [-0.3, -0.25) is 9.59 Å². The van der Waals surface area contributed by atoms with Gasteiger partial charge in [-0.1, -0.05) is 30.3 Å². The molecule has 0 radical (unpaired) electrons. The average molecular weight is 375 g/mol. The summed E-state index contributed by atoms with van der Waals surface area (Å²) < 4.78 is 12.8. The molecule has 0 bridgehead atoms. The summed E-state index contributed by atoms with van der Waals surface area (Å²) in [6.07, 6.45) is 1.42. The Morgan fingerprint density at radius 1 is 0.893 bits per heavy atom. The summed E-state index contributed by atoms with van der Waals surface area (Å²) in [5, 5.41) is 6.65. The fourth-order valence-electron chi connectivity index (χ4n) is 2.51. The summed E-state index contributed by atoms with van der Waals surface area (Å²) in [4.78, 5) is 24.4. The number of hydrogen-bond acceptors (Lipinski definition) is 3. The largest absolute Gasteiger partial charge is 0.322 e. The first-order valence-electron chi connectivity index (χ1n) is 8.59. The molecule has 6 heteroatoms. The molecule has 140 valence electrons. The molecule has 0 fully saturated rings. The third-order valence-corrected chi connectivity index (χ3v) is 4.04. The second-order valence-electron chi connectivity index (χ2n) is 6.10. The summed E-state index contributed by atoms with van der Waals surface area (Å²) in [7, 11) is 0. The van der Waals surface area contributed by atoms with E-state index in [9.17, 15) is 14.0 Å². The van der Waals surface area contributed by atoms with Crippen LogP contribution in [0.15, 0.2) is 77.9 Å². The number of hydrazone groups is 1. The molecule has 0 aromatic heterocycles. The van der Waals surface area contributed by atoms with E-state index in [4.69, 9.17) is 0 Å². The number of nitrogens with one attached hydrogen (secondary N) is 2. The molecule has 0 aliphatic rings. The molecule has 3 aromatic carbocycles. The van der Waals surface area contributed by atoms with Crippen LogP contribution in [0.4, 0.5) is 10.1 Å². The van der Waals surface area contributed by atoms with Crippen molar-refractivity contribution in [1.29, 1.82) is 0 Å². The molecule has 28 heavy (non-hydrogen) atoms. The van der Waals surface area contributed by atoms with E-state index in [1.807, 2.05) is 25.1 Å². The van der Waals surface area contributed by atoms with Gasteiger partial charge in [0.1, 0.15) is 5.82 Å². The van der Waals surface area contributed by atoms with Crippen LogP contribution >= 0.6 is 0 Å². The van der Waals surface area contributed by atoms with E-state index < -0.39 is 5.91 Å². The predicted molar refractivity (Wildman–Crippen MR) is 107 cm³/mol. The fraction of sp³-hybridized carbons (Fsp3) is 0.0455. The highest BCUT2D eigenvalue weighted by Crippen LogP contribution is 2.13. The van der Waals surface area contributed by atoms with Gasteiger partial charge >= 0.3 is 0 Å². The molecule has 2 N–H and O–H groups in total. The maximum atomic E-state index is 12.8. The van der Waals surface area contributed by atoms with Gasteiger partial charge in [-0.25, -0.2) is 9.82 Å². The Morgan fingerprint density at radius 3 is 2.25 bits per heavy atom. The molecule has 5 nitrogen and oxygen atoms in total. The Kier molecular flexibility index (Phi) is 5.91. The van der Waals surface area contributed by atoms with Gasteiger partial charge in [0.15, 0.2) is 0 Å². The first-order valence-corrected chi connectivity index (χ1v) is 8.59. The molecule has 0 aliphatic carbocycles. The molecule has 0 saturated heterocycles. The highest BCUT2D eigenvalue weighted by Gasteiger charge is 2.09. The zero-order valence-electron chi connectivity index (χ0n) is 15.1. The van der Waals surface area contributed by atoms with Crippen LogP contribution in [-0.2, 0) is 0 Å². The lowest BCUT2D eigenvalue weighted by Crippen LogP contribution is -2.18. The number of amides is 2. The van der Waals surface area contributed by atoms with E-state index in [1.165, 1.54) is 18.3 Å². The zero-order chi connectivity index (χ0) is 19.9. The van der Waals surface area contributed by atoms with Crippen LogP contribution < -0.4 is 10.7 Å². The lowest BCUT2D eigenvalue weighted by atomic mass is 10.1. The van der Waals surface area contributed by atoms with Crippen molar-refractivity contribution in [2.24, 2.45) is 5.10 Å². The minimum absolute atomic E-state index is 0.209. The molecule has 2 amide bonds. The van der Waals surface area contributed by atoms with Crippen molar-refractivity contribution in [1.82, 2.24) is 5.43 Å². The van der Waals surface area contributed by atoms with Gasteiger partial charge in [0, 0.05) is 16.8 Å². The molecule has 3 rings (SSSR count). The van der Waals surface area contributed by atoms with Crippen molar-refractivity contribution in [2.75, 3.05) is 5.32 Å². The van der Waals surface area contributed by atoms with Gasteiger partial charge in [0.05, 0.1) is 6.21 Å². The SMILES string of the molecule is Cc1ccccc1C(=O)Nc1ccc(C(=O)N/N=C\c2ccc(F)cc2)cc1. The molecule has 3 aromatic rings. The van der Waals surface area contributed by atoms with Gasteiger partial charge in [-0.15, -0.1) is 0 Å². The topological polar surface area (TPSA) is 70.6 Å². The Balaban J connectivity index is 1.59. The van der Waals surface area contributed by atoms with Crippen molar-refractivity contribution in [3.8, 4) is 0 Å². The number of aryl methyl sites for hydroxylation is 1. The first kappa shape index (κ1) is 19.0. The zero-order valence-corrected chi connectivity index (χ0v) is 15.1. The summed E-state index contributed by atoms with van der Waals surface area (Å²) in [5.74, 6) is -0.940. The normalized spacial score (nSPS) is 10.6. The third kappa shape index (κ3) is 4.88. The van der Waals surface area contributed by atoms with Crippen LogP contribution in [0.25, 0.3) is 0 Å². The van der Waals surface area contributed by atoms with Crippen LogP contribution in [0, 0.1) is 12.7 Å². The number of hydrogen-bond donors (Lipinski definition) is 2. The summed E-state index contributed by atoms with van der Waals surface area (Å²) >= 11 is 0. The quantitative estimate of drug-likeness (QED) is 0.519. The van der Waals surface area contributed by atoms with Crippen molar-refractivity contribution in [3.63, 3.8) is 0 Å². The van der Waals surface area contributed by atoms with Crippen LogP contribution in [0.1, 0.15) is 31.8 Å². The number of nitrogens with zero attached hydrogens (tertiary/aromatic N) is 1. The van der Waals surface area contributed by atoms with E-state index in [1.54, 1.807) is 42.5 Å². The highest BCUT2D eigenvalue weighted by molar-refractivity contribution is 6.05. The van der Waals surface area contributed by atoms with E-state index in [0.29, 0.717) is 22.4 Å². The summed E-state index contributed by atoms with van der Waals surface area (Å²) in [6.45, 7) is 1.87. The number of carbonyl (C=O) groups excluding carboxylic acids is 2. The number of carbonyl (C=O) groups is 2. The Morgan fingerprint density at radius 2 is 1.57 bits per heavy atom. The van der Waals surface area contributed by atoms with Crippen LogP contribution in [0.5, 0.6) is 0 Å². The molecule has 0 heterocycles. The van der Waals surface area contributed by atoms with Gasteiger partial charge in [0.2, 0.25) is 0 Å². The maximum Gasteiger partial charge on any atom is 0.271 e. The minimum Gasteiger partial charge on any atom is -0.322 e. The first-order chi connectivity index (χ1) is 13.5. The van der Waals surface area contributed by atoms with Gasteiger partial charge in [-0.05, 0) is 60.5 Å². The molecule has 0 atom stereocenters. The van der Waals surface area contributed by atoms with Gasteiger partial charge in [0.25, 0.3) is 11.8 Å². The van der Waals surface area contributed by atoms with Crippen LogP contribution in [0.2, 0.25) is 0 Å². The highest BCUT2D eigenvalue weighted by atomic mass is 19.1. The number of rotatable bonds is 5. The molecule has 0 unspecified atom stereocenters. The second kappa shape index (κ2) is 8.73. The molecular weight excluding hydrogens is 357 g/mol. The van der Waals surface area contributed by atoms with Crippen molar-refractivity contribution in [3.05, 3.63) is 101 Å². The summed E-state index contributed by atoms with van der Waals surface area (Å²) in [5.41, 5.74) is 5.53. The predicted octanol–water partition coefficient (Wildman–Crippen LogP) is 4.15. The number of benzene rings is 3. The third-order valence-electron chi connectivity index (χ3n) is 4.04. The van der Waals surface area contributed by atoms with E-state index in [2.05, 4.69) is 15.8 Å². The Bertz CT molecular complexity index is 1010. The molecule has 0 saturated carbocycles. The van der Waals surface area contributed by atoms with E-state index >= 15 is 0 Å². The monoisotopic (exact) mass is 375 g/mol. The standard InChI is InChI=1S/C22H18FN3O2/c1-15-4-2-3-5-20(15)22(28)25-19-12-8-17(9-13-19)21(27)26-24-14-16-6-10-18(23)11-7-16/h2-14H,1H3,(H,25,28)(H,26,27)/b24-14-. The maximum absolute atomic E-state index is 12.8. The number of anilines is 1.